The van der Waals surface area contributed by atoms with Crippen LogP contribution in [0.15, 0.2) is 36.4 Å². The molecule has 0 heterocycles. The number of halogens is 1. The van der Waals surface area contributed by atoms with Crippen molar-refractivity contribution in [2.24, 2.45) is 5.73 Å². The summed E-state index contributed by atoms with van der Waals surface area (Å²) in [7, 11) is 3.10. The van der Waals surface area contributed by atoms with Crippen LogP contribution >= 0.6 is 12.4 Å². The third kappa shape index (κ3) is 7.21. The highest BCUT2D eigenvalue weighted by Crippen LogP contribution is 2.32. The normalized spacial score (nSPS) is 10.5. The van der Waals surface area contributed by atoms with E-state index in [0.717, 1.165) is 5.56 Å². The number of nitriles is 1. The van der Waals surface area contributed by atoms with Crippen LogP contribution in [0.2, 0.25) is 0 Å². The molecule has 0 aliphatic rings. The van der Waals surface area contributed by atoms with Gasteiger partial charge < -0.3 is 25.3 Å². The molecule has 0 unspecified atom stereocenters. The van der Waals surface area contributed by atoms with E-state index in [1.807, 2.05) is 13.0 Å². The number of nitrogens with two attached hydrogens (primary N) is 1. The van der Waals surface area contributed by atoms with Gasteiger partial charge in [-0.25, -0.2) is 0 Å². The Balaban J connectivity index is 0.00000480. The zero-order valence-corrected chi connectivity index (χ0v) is 18.8. The molecule has 2 rings (SSSR count). The molecule has 0 atom stereocenters. The highest BCUT2D eigenvalue weighted by Gasteiger charge is 2.11. The number of amides is 1. The quantitative estimate of drug-likeness (QED) is 0.418. The van der Waals surface area contributed by atoms with Crippen molar-refractivity contribution in [3.63, 3.8) is 0 Å². The number of methoxy groups -OCH3 is 2. The van der Waals surface area contributed by atoms with Crippen molar-refractivity contribution >= 4 is 35.7 Å². The fourth-order valence-corrected chi connectivity index (χ4v) is 2.85. The molecule has 0 bridgehead atoms. The Hall–Kier alpha value is -3.21. The van der Waals surface area contributed by atoms with Gasteiger partial charge in [0.15, 0.2) is 11.5 Å². The zero-order valence-electron chi connectivity index (χ0n) is 17.9. The lowest BCUT2D eigenvalue weighted by molar-refractivity contribution is -0.116. The van der Waals surface area contributed by atoms with E-state index in [0.29, 0.717) is 60.1 Å². The maximum absolute atomic E-state index is 12.1. The summed E-state index contributed by atoms with van der Waals surface area (Å²) in [5.74, 6) is 1.57. The van der Waals surface area contributed by atoms with Crippen LogP contribution in [0.25, 0.3) is 11.6 Å². The molecule has 0 aliphatic heterocycles. The number of carbonyl (C=O) groups is 1. The van der Waals surface area contributed by atoms with Gasteiger partial charge in [0.1, 0.15) is 5.75 Å². The van der Waals surface area contributed by atoms with Crippen LogP contribution in [0, 0.1) is 11.3 Å². The minimum absolute atomic E-state index is 0. The standard InChI is InChI=1S/C23H27N3O4.ClH/c1-4-30-22-14-17(8-10-21(22)29-3)18(15-25)12-16-7-9-20(28-2)19(13-16)26-23(27)6-5-11-24;/h7-10,12-14H,4-6,11,24H2,1-3H3,(H,26,27);1H. The summed E-state index contributed by atoms with van der Waals surface area (Å²) < 4.78 is 16.2. The monoisotopic (exact) mass is 445 g/mol. The van der Waals surface area contributed by atoms with Gasteiger partial charge in [0, 0.05) is 6.42 Å². The number of hydrogen-bond acceptors (Lipinski definition) is 6. The van der Waals surface area contributed by atoms with Gasteiger partial charge in [-0.3, -0.25) is 4.79 Å². The second-order valence-corrected chi connectivity index (χ2v) is 6.37. The molecule has 0 fully saturated rings. The van der Waals surface area contributed by atoms with Crippen LogP contribution in [0.3, 0.4) is 0 Å². The van der Waals surface area contributed by atoms with E-state index in [2.05, 4.69) is 11.4 Å². The van der Waals surface area contributed by atoms with E-state index in [9.17, 15) is 10.1 Å². The Kier molecular flexibility index (Phi) is 11.0. The molecule has 2 aromatic carbocycles. The first kappa shape index (κ1) is 25.8. The molecule has 1 amide bonds. The molecule has 0 saturated heterocycles. The topological polar surface area (TPSA) is 107 Å². The van der Waals surface area contributed by atoms with Crippen LogP contribution in [0.5, 0.6) is 17.2 Å². The molecule has 31 heavy (non-hydrogen) atoms. The van der Waals surface area contributed by atoms with Gasteiger partial charge in [-0.15, -0.1) is 12.4 Å². The van der Waals surface area contributed by atoms with Gasteiger partial charge >= 0.3 is 0 Å². The molecule has 166 valence electrons. The molecular formula is C23H28ClN3O4. The summed E-state index contributed by atoms with van der Waals surface area (Å²) in [5, 5.41) is 12.5. The van der Waals surface area contributed by atoms with Crippen molar-refractivity contribution in [2.75, 3.05) is 32.7 Å². The molecule has 0 aliphatic carbocycles. The molecule has 2 aromatic rings. The summed E-state index contributed by atoms with van der Waals surface area (Å²) in [6.45, 7) is 2.81. The summed E-state index contributed by atoms with van der Waals surface area (Å²) >= 11 is 0. The Bertz CT molecular complexity index is 954. The Labute approximate surface area is 189 Å². The lowest BCUT2D eigenvalue weighted by atomic mass is 10.0. The van der Waals surface area contributed by atoms with Gasteiger partial charge in [-0.2, -0.15) is 5.26 Å². The van der Waals surface area contributed by atoms with Crippen LogP contribution in [-0.4, -0.2) is 33.3 Å². The zero-order chi connectivity index (χ0) is 21.9. The van der Waals surface area contributed by atoms with E-state index in [-0.39, 0.29) is 18.3 Å². The van der Waals surface area contributed by atoms with Gasteiger partial charge in [0.05, 0.1) is 38.2 Å². The molecule has 0 saturated carbocycles. The number of anilines is 1. The largest absolute Gasteiger partial charge is 0.495 e. The Morgan fingerprint density at radius 1 is 1.13 bits per heavy atom. The average Bonchev–Trinajstić information content (AvgIpc) is 2.76. The van der Waals surface area contributed by atoms with Crippen molar-refractivity contribution in [2.45, 2.75) is 19.8 Å². The summed E-state index contributed by atoms with van der Waals surface area (Å²) in [4.78, 5) is 12.1. The van der Waals surface area contributed by atoms with Crippen molar-refractivity contribution in [3.8, 4) is 23.3 Å². The lowest BCUT2D eigenvalue weighted by Gasteiger charge is -2.12. The minimum Gasteiger partial charge on any atom is -0.495 e. The third-order valence-corrected chi connectivity index (χ3v) is 4.31. The summed E-state index contributed by atoms with van der Waals surface area (Å²) in [6, 6.07) is 12.9. The number of allylic oxidation sites excluding steroid dienone is 1. The second-order valence-electron chi connectivity index (χ2n) is 6.37. The van der Waals surface area contributed by atoms with Crippen LogP contribution in [-0.2, 0) is 4.79 Å². The molecule has 8 heteroatoms. The molecule has 0 radical (unpaired) electrons. The van der Waals surface area contributed by atoms with E-state index in [1.54, 1.807) is 43.5 Å². The van der Waals surface area contributed by atoms with Crippen LogP contribution < -0.4 is 25.3 Å². The fourth-order valence-electron chi connectivity index (χ4n) is 2.85. The predicted molar refractivity (Wildman–Crippen MR) is 125 cm³/mol. The number of hydrogen-bond donors (Lipinski definition) is 2. The van der Waals surface area contributed by atoms with Gasteiger partial charge in [0.25, 0.3) is 0 Å². The lowest BCUT2D eigenvalue weighted by Crippen LogP contribution is -2.14. The number of benzene rings is 2. The predicted octanol–water partition coefficient (Wildman–Crippen LogP) is 4.27. The fraction of sp³-hybridized carbons (Fsp3) is 0.304. The first-order valence-electron chi connectivity index (χ1n) is 9.67. The molecular weight excluding hydrogens is 418 g/mol. The number of nitrogens with one attached hydrogen (secondary N) is 1. The highest BCUT2D eigenvalue weighted by molar-refractivity contribution is 5.94. The van der Waals surface area contributed by atoms with Crippen molar-refractivity contribution < 1.29 is 19.0 Å². The number of ether oxygens (including phenoxy) is 3. The van der Waals surface area contributed by atoms with Gasteiger partial charge in [0.2, 0.25) is 5.91 Å². The Morgan fingerprint density at radius 3 is 2.45 bits per heavy atom. The second kappa shape index (κ2) is 13.2. The maximum Gasteiger partial charge on any atom is 0.224 e. The number of carbonyl (C=O) groups excluding carboxylic acids is 1. The first-order chi connectivity index (χ1) is 14.6. The van der Waals surface area contributed by atoms with Crippen LogP contribution in [0.4, 0.5) is 5.69 Å². The number of rotatable bonds is 10. The third-order valence-electron chi connectivity index (χ3n) is 4.31. The van der Waals surface area contributed by atoms with Gasteiger partial charge in [-0.1, -0.05) is 6.07 Å². The summed E-state index contributed by atoms with van der Waals surface area (Å²) in [5.41, 5.74) is 7.90. The molecule has 0 spiro atoms. The van der Waals surface area contributed by atoms with Crippen molar-refractivity contribution in [3.05, 3.63) is 47.5 Å². The molecule has 7 nitrogen and oxygen atoms in total. The van der Waals surface area contributed by atoms with Crippen molar-refractivity contribution in [1.29, 1.82) is 5.26 Å². The highest BCUT2D eigenvalue weighted by atomic mass is 35.5. The Morgan fingerprint density at radius 2 is 1.84 bits per heavy atom. The smallest absolute Gasteiger partial charge is 0.224 e. The van der Waals surface area contributed by atoms with E-state index in [1.165, 1.54) is 7.11 Å². The molecule has 3 N–H and O–H groups in total. The molecule has 0 aromatic heterocycles. The number of nitrogens with zero attached hydrogens (tertiary/aromatic N) is 1. The average molecular weight is 446 g/mol. The van der Waals surface area contributed by atoms with E-state index < -0.39 is 0 Å². The minimum atomic E-state index is -0.142. The maximum atomic E-state index is 12.1. The SMILES string of the molecule is CCOc1cc(C(C#N)=Cc2ccc(OC)c(NC(=O)CCCN)c2)ccc1OC.Cl. The van der Waals surface area contributed by atoms with Crippen molar-refractivity contribution in [1.82, 2.24) is 0 Å². The van der Waals surface area contributed by atoms with Crippen LogP contribution in [0.1, 0.15) is 30.9 Å². The first-order valence-corrected chi connectivity index (χ1v) is 9.67. The van der Waals surface area contributed by atoms with E-state index >= 15 is 0 Å². The summed E-state index contributed by atoms with van der Waals surface area (Å²) in [6.07, 6.45) is 2.67. The van der Waals surface area contributed by atoms with Gasteiger partial charge in [-0.05, 0) is 67.4 Å². The van der Waals surface area contributed by atoms with E-state index in [4.69, 9.17) is 19.9 Å².